The van der Waals surface area contributed by atoms with Crippen LogP contribution in [0.25, 0.3) is 0 Å². The highest BCUT2D eigenvalue weighted by Crippen LogP contribution is 2.22. The maximum Gasteiger partial charge on any atom is 0.265 e. The van der Waals surface area contributed by atoms with E-state index in [1.807, 2.05) is 43.3 Å². The Kier molecular flexibility index (Phi) is 4.64. The minimum atomic E-state index is -0.587. The molecule has 0 bridgehead atoms. The Morgan fingerprint density at radius 1 is 1.20 bits per heavy atom. The molecule has 0 aliphatic heterocycles. The summed E-state index contributed by atoms with van der Waals surface area (Å²) in [7, 11) is 0. The van der Waals surface area contributed by atoms with Gasteiger partial charge < -0.3 is 10.1 Å². The van der Waals surface area contributed by atoms with Crippen LogP contribution >= 0.6 is 11.6 Å². The van der Waals surface area contributed by atoms with E-state index in [4.69, 9.17) is 16.3 Å². The third-order valence-corrected chi connectivity index (χ3v) is 3.28. The minimum Gasteiger partial charge on any atom is -0.481 e. The van der Waals surface area contributed by atoms with Crippen molar-refractivity contribution in [2.24, 2.45) is 0 Å². The number of carbonyl (C=O) groups excluding carboxylic acids is 1. The Morgan fingerprint density at radius 3 is 2.55 bits per heavy atom. The first-order valence-electron chi connectivity index (χ1n) is 6.35. The van der Waals surface area contributed by atoms with Gasteiger partial charge in [-0.15, -0.1) is 0 Å². The van der Waals surface area contributed by atoms with Crippen LogP contribution in [0.1, 0.15) is 12.5 Å². The molecule has 0 spiro atoms. The van der Waals surface area contributed by atoms with Crippen LogP contribution in [0.3, 0.4) is 0 Å². The number of nitrogens with one attached hydrogen (secondary N) is 1. The van der Waals surface area contributed by atoms with Crippen molar-refractivity contribution in [1.29, 1.82) is 0 Å². The smallest absolute Gasteiger partial charge is 0.265 e. The van der Waals surface area contributed by atoms with E-state index < -0.39 is 6.10 Å². The molecular weight excluding hydrogens is 274 g/mol. The third kappa shape index (κ3) is 3.75. The lowest BCUT2D eigenvalue weighted by molar-refractivity contribution is -0.122. The summed E-state index contributed by atoms with van der Waals surface area (Å²) in [5, 5.41) is 3.48. The zero-order valence-corrected chi connectivity index (χ0v) is 12.1. The van der Waals surface area contributed by atoms with Gasteiger partial charge in [0.15, 0.2) is 6.10 Å². The zero-order valence-electron chi connectivity index (χ0n) is 11.4. The van der Waals surface area contributed by atoms with Gasteiger partial charge in [-0.3, -0.25) is 4.79 Å². The maximum atomic E-state index is 12.0. The number of para-hydroxylation sites is 1. The molecule has 1 atom stereocenters. The van der Waals surface area contributed by atoms with Crippen LogP contribution in [0.2, 0.25) is 5.02 Å². The molecule has 20 heavy (non-hydrogen) atoms. The average Bonchev–Trinajstić information content (AvgIpc) is 2.44. The van der Waals surface area contributed by atoms with Crippen LogP contribution in [-0.4, -0.2) is 12.0 Å². The summed E-state index contributed by atoms with van der Waals surface area (Å²) >= 11 is 5.95. The highest BCUT2D eigenvalue weighted by molar-refractivity contribution is 6.31. The molecule has 0 aliphatic carbocycles. The van der Waals surface area contributed by atoms with Crippen molar-refractivity contribution < 1.29 is 9.53 Å². The molecule has 0 aromatic heterocycles. The molecule has 1 N–H and O–H groups in total. The highest BCUT2D eigenvalue weighted by atomic mass is 35.5. The van der Waals surface area contributed by atoms with E-state index in [0.29, 0.717) is 10.8 Å². The number of carbonyl (C=O) groups is 1. The second-order valence-corrected chi connectivity index (χ2v) is 4.93. The Bertz CT molecular complexity index is 599. The van der Waals surface area contributed by atoms with E-state index >= 15 is 0 Å². The number of ether oxygens (including phenoxy) is 1. The van der Waals surface area contributed by atoms with Gasteiger partial charge in [-0.05, 0) is 49.7 Å². The summed E-state index contributed by atoms with van der Waals surface area (Å²) in [6, 6.07) is 14.6. The van der Waals surface area contributed by atoms with Gasteiger partial charge >= 0.3 is 0 Å². The number of hydrogen-bond acceptors (Lipinski definition) is 2. The van der Waals surface area contributed by atoms with E-state index in [1.54, 1.807) is 19.1 Å². The van der Waals surface area contributed by atoms with Crippen LogP contribution in [0.15, 0.2) is 48.5 Å². The van der Waals surface area contributed by atoms with Crippen LogP contribution < -0.4 is 10.1 Å². The normalized spacial score (nSPS) is 11.8. The first kappa shape index (κ1) is 14.4. The number of anilines is 1. The molecule has 0 saturated heterocycles. The van der Waals surface area contributed by atoms with Gasteiger partial charge in [0, 0.05) is 10.7 Å². The van der Waals surface area contributed by atoms with Gasteiger partial charge in [0.05, 0.1) is 0 Å². The van der Waals surface area contributed by atoms with Crippen molar-refractivity contribution in [2.45, 2.75) is 20.0 Å². The Labute approximate surface area is 123 Å². The molecule has 4 heteroatoms. The van der Waals surface area contributed by atoms with Gasteiger partial charge in [-0.2, -0.15) is 0 Å². The number of amides is 1. The third-order valence-electron chi connectivity index (χ3n) is 2.85. The molecule has 2 aromatic carbocycles. The van der Waals surface area contributed by atoms with Crippen molar-refractivity contribution in [1.82, 2.24) is 0 Å². The van der Waals surface area contributed by atoms with E-state index in [2.05, 4.69) is 5.32 Å². The summed E-state index contributed by atoms with van der Waals surface area (Å²) < 4.78 is 5.61. The molecule has 104 valence electrons. The fourth-order valence-corrected chi connectivity index (χ4v) is 1.83. The summed E-state index contributed by atoms with van der Waals surface area (Å²) in [4.78, 5) is 12.0. The Hall–Kier alpha value is -2.00. The average molecular weight is 290 g/mol. The Balaban J connectivity index is 1.98. The molecule has 0 radical (unpaired) electrons. The largest absolute Gasteiger partial charge is 0.481 e. The van der Waals surface area contributed by atoms with Crippen molar-refractivity contribution in [3.63, 3.8) is 0 Å². The van der Waals surface area contributed by atoms with Gasteiger partial charge in [0.25, 0.3) is 5.91 Å². The van der Waals surface area contributed by atoms with Crippen molar-refractivity contribution >= 4 is 23.2 Å². The Morgan fingerprint density at radius 2 is 1.90 bits per heavy atom. The summed E-state index contributed by atoms with van der Waals surface area (Å²) in [6.07, 6.45) is -0.587. The number of hydrogen-bond donors (Lipinski definition) is 1. The van der Waals surface area contributed by atoms with E-state index in [0.717, 1.165) is 11.3 Å². The molecule has 0 saturated carbocycles. The van der Waals surface area contributed by atoms with Gasteiger partial charge in [-0.25, -0.2) is 0 Å². The van der Waals surface area contributed by atoms with Crippen LogP contribution in [-0.2, 0) is 4.79 Å². The molecule has 3 nitrogen and oxygen atoms in total. The van der Waals surface area contributed by atoms with Gasteiger partial charge in [0.2, 0.25) is 0 Å². The predicted octanol–water partition coefficient (Wildman–Crippen LogP) is 4.05. The molecular formula is C16H16ClNO2. The highest BCUT2D eigenvalue weighted by Gasteiger charge is 2.15. The zero-order chi connectivity index (χ0) is 14.5. The van der Waals surface area contributed by atoms with E-state index in [9.17, 15) is 4.79 Å². The second kappa shape index (κ2) is 6.44. The lowest BCUT2D eigenvalue weighted by Gasteiger charge is -2.15. The molecule has 0 unspecified atom stereocenters. The summed E-state index contributed by atoms with van der Waals surface area (Å²) in [5.74, 6) is 0.436. The number of benzene rings is 2. The van der Waals surface area contributed by atoms with Gasteiger partial charge in [0.1, 0.15) is 5.75 Å². The van der Waals surface area contributed by atoms with Crippen molar-refractivity contribution in [3.05, 3.63) is 59.1 Å². The van der Waals surface area contributed by atoms with E-state index in [-0.39, 0.29) is 5.91 Å². The number of rotatable bonds is 4. The van der Waals surface area contributed by atoms with Crippen LogP contribution in [0.4, 0.5) is 5.69 Å². The van der Waals surface area contributed by atoms with Crippen LogP contribution in [0.5, 0.6) is 5.75 Å². The fourth-order valence-electron chi connectivity index (χ4n) is 1.71. The monoisotopic (exact) mass is 289 g/mol. The quantitative estimate of drug-likeness (QED) is 0.922. The van der Waals surface area contributed by atoms with E-state index in [1.165, 1.54) is 0 Å². The molecule has 2 aromatic rings. The minimum absolute atomic E-state index is 0.191. The summed E-state index contributed by atoms with van der Waals surface area (Å²) in [5.41, 5.74) is 1.67. The first-order chi connectivity index (χ1) is 9.56. The summed E-state index contributed by atoms with van der Waals surface area (Å²) in [6.45, 7) is 3.60. The lowest BCUT2D eigenvalue weighted by atomic mass is 10.2. The molecule has 0 heterocycles. The molecule has 0 aliphatic rings. The lowest BCUT2D eigenvalue weighted by Crippen LogP contribution is -2.30. The fraction of sp³-hybridized carbons (Fsp3) is 0.188. The molecule has 0 fully saturated rings. The second-order valence-electron chi connectivity index (χ2n) is 4.53. The number of halogens is 1. The SMILES string of the molecule is Cc1cc(O[C@@H](C)C(=O)Nc2ccccc2)ccc1Cl. The van der Waals surface area contributed by atoms with Gasteiger partial charge in [-0.1, -0.05) is 29.8 Å². The first-order valence-corrected chi connectivity index (χ1v) is 6.73. The molecule has 2 rings (SSSR count). The predicted molar refractivity (Wildman–Crippen MR) is 81.4 cm³/mol. The molecule has 1 amide bonds. The van der Waals surface area contributed by atoms with Crippen molar-refractivity contribution in [2.75, 3.05) is 5.32 Å². The standard InChI is InChI=1S/C16H16ClNO2/c1-11-10-14(8-9-15(11)17)20-12(2)16(19)18-13-6-4-3-5-7-13/h3-10,12H,1-2H3,(H,18,19)/t12-/m0/s1. The number of aryl methyl sites for hydroxylation is 1. The van der Waals surface area contributed by atoms with Crippen LogP contribution in [0, 0.1) is 6.92 Å². The maximum absolute atomic E-state index is 12.0. The van der Waals surface area contributed by atoms with Crippen molar-refractivity contribution in [3.8, 4) is 5.75 Å². The topological polar surface area (TPSA) is 38.3 Å².